The van der Waals surface area contributed by atoms with Gasteiger partial charge in [0.1, 0.15) is 6.61 Å². The van der Waals surface area contributed by atoms with Gasteiger partial charge in [-0.05, 0) is 98.6 Å². The number of rotatable bonds is 12. The van der Waals surface area contributed by atoms with Gasteiger partial charge in [0, 0.05) is 89.9 Å². The Bertz CT molecular complexity index is 2370. The highest BCUT2D eigenvalue weighted by Crippen LogP contribution is 2.38. The van der Waals surface area contributed by atoms with Crippen molar-refractivity contribution in [1.82, 2.24) is 10.2 Å². The topological polar surface area (TPSA) is 137 Å². The quantitative estimate of drug-likeness (QED) is 0.0929. The number of fused-ring (bicyclic) bond motifs is 1. The van der Waals surface area contributed by atoms with Crippen molar-refractivity contribution in [2.45, 2.75) is 62.3 Å². The largest absolute Gasteiger partial charge is 0.493 e. The molecule has 0 bridgehead atoms. The van der Waals surface area contributed by atoms with Crippen LogP contribution in [0, 0.1) is 0 Å². The highest BCUT2D eigenvalue weighted by molar-refractivity contribution is 7.98. The number of methoxy groups -OCH3 is 2. The Balaban J connectivity index is 1.03. The van der Waals surface area contributed by atoms with Crippen LogP contribution in [0.25, 0.3) is 0 Å². The average molecular weight is 840 g/mol. The summed E-state index contributed by atoms with van der Waals surface area (Å²) in [5.41, 5.74) is 18.4. The fourth-order valence-corrected chi connectivity index (χ4v) is 8.43. The molecule has 1 atom stereocenters. The Labute approximate surface area is 362 Å². The van der Waals surface area contributed by atoms with Crippen LogP contribution < -0.4 is 30.0 Å². The molecule has 0 saturated heterocycles. The van der Waals surface area contributed by atoms with Crippen LogP contribution in [0.5, 0.6) is 23.0 Å². The zero-order chi connectivity index (χ0) is 42.6. The van der Waals surface area contributed by atoms with Crippen molar-refractivity contribution in [2.24, 2.45) is 15.1 Å². The van der Waals surface area contributed by atoms with Crippen molar-refractivity contribution in [1.29, 1.82) is 0 Å². The van der Waals surface area contributed by atoms with Crippen molar-refractivity contribution < 1.29 is 28.5 Å². The summed E-state index contributed by atoms with van der Waals surface area (Å²) in [6.45, 7) is 1.83. The van der Waals surface area contributed by atoms with Crippen LogP contribution in [-0.4, -0.2) is 83.1 Å². The summed E-state index contributed by atoms with van der Waals surface area (Å²) in [4.78, 5) is 33.5. The molecule has 2 aliphatic heterocycles. The van der Waals surface area contributed by atoms with Crippen molar-refractivity contribution in [3.8, 4) is 23.0 Å². The first-order valence-corrected chi connectivity index (χ1v) is 21.5. The molecule has 2 heterocycles. The number of carbonyl (C=O) groups excluding carboxylic acids is 2. The van der Waals surface area contributed by atoms with E-state index in [0.717, 1.165) is 68.9 Å². The van der Waals surface area contributed by atoms with Gasteiger partial charge in [0.2, 0.25) is 0 Å². The number of nitrogens with two attached hydrogens (primary N) is 1. The first-order chi connectivity index (χ1) is 29.8. The molecule has 2 aromatic carbocycles. The summed E-state index contributed by atoms with van der Waals surface area (Å²) in [5, 5.41) is 3.10. The number of nitrogens with zero attached hydrogens (tertiary/aromatic N) is 3. The lowest BCUT2D eigenvalue weighted by molar-refractivity contribution is 0.0953. The fourth-order valence-electron chi connectivity index (χ4n) is 7.73. The molecule has 5 aliphatic rings. The van der Waals surface area contributed by atoms with Crippen LogP contribution in [0.1, 0.15) is 72.1 Å². The van der Waals surface area contributed by atoms with Gasteiger partial charge < -0.3 is 30.0 Å². The van der Waals surface area contributed by atoms with Gasteiger partial charge in [-0.3, -0.25) is 19.5 Å². The summed E-state index contributed by atoms with van der Waals surface area (Å²) in [5.74, 6) is 1.62. The molecule has 12 heteroatoms. The Morgan fingerprint density at radius 2 is 1.74 bits per heavy atom. The summed E-state index contributed by atoms with van der Waals surface area (Å²) >= 11 is 1.25. The molecule has 7 rings (SSSR count). The SMILES string of the molecule is COc1cc2c(cc1OCCC1=CC(COc3cc(/N=C\[C@@H]4CC5=C(C=CCC=C5)CCN4C)c(C=O)cc3OC)=C=CC(N)=C1)SN=CCCC1=C(C=CCC1)CNC2=O. The number of carbonyl (C=O) groups is 2. The number of hydrogen-bond donors (Lipinski definition) is 2. The molecule has 61 heavy (non-hydrogen) atoms. The van der Waals surface area contributed by atoms with Crippen LogP contribution in [-0.2, 0) is 0 Å². The third kappa shape index (κ3) is 11.2. The lowest BCUT2D eigenvalue weighted by Crippen LogP contribution is -2.32. The molecule has 0 saturated carbocycles. The van der Waals surface area contributed by atoms with Gasteiger partial charge in [0.15, 0.2) is 29.3 Å². The number of aldehydes is 1. The van der Waals surface area contributed by atoms with Crippen molar-refractivity contribution >= 4 is 42.3 Å². The highest BCUT2D eigenvalue weighted by atomic mass is 32.2. The highest BCUT2D eigenvalue weighted by Gasteiger charge is 2.22. The molecule has 3 aliphatic carbocycles. The van der Waals surface area contributed by atoms with E-state index >= 15 is 0 Å². The summed E-state index contributed by atoms with van der Waals surface area (Å²) in [6.07, 6.45) is 30.4. The fraction of sp³-hybridized carbons (Fsp3) is 0.327. The molecule has 0 radical (unpaired) electrons. The zero-order valence-electron chi connectivity index (χ0n) is 35.1. The van der Waals surface area contributed by atoms with E-state index in [0.29, 0.717) is 70.0 Å². The maximum absolute atomic E-state index is 13.5. The van der Waals surface area contributed by atoms with Crippen LogP contribution in [0.2, 0.25) is 0 Å². The van der Waals surface area contributed by atoms with Crippen LogP contribution in [0.4, 0.5) is 5.69 Å². The standard InChI is InChI=1S/C49H53N5O6S/c1-54-20-17-36-10-5-4-6-12-37(36)24-41(54)30-51-43-27-46(44(57-2)25-39(43)31-55)60-32-34-15-16-40(50)23-33(22-34)18-21-59-47-28-48-42(26-45(47)58-3)49(56)52-29-38-13-8-7-11-35(38)14-9-19-53-61-48/h5-6,8,10,12-13,16,19,22-23,25-28,30-31,41H,4,7,9,11,14,17-18,20-21,24,29,32,50H2,1-3H3,(H,52,56)/b51-30-,53-19?/t41-/m0/s1. The molecule has 0 fully saturated rings. The van der Waals surface area contributed by atoms with Crippen LogP contribution >= 0.6 is 11.9 Å². The predicted molar refractivity (Wildman–Crippen MR) is 244 cm³/mol. The van der Waals surface area contributed by atoms with E-state index < -0.39 is 0 Å². The van der Waals surface area contributed by atoms with Gasteiger partial charge in [0.05, 0.1) is 32.1 Å². The molecule has 0 spiro atoms. The first-order valence-electron chi connectivity index (χ1n) is 20.7. The van der Waals surface area contributed by atoms with Gasteiger partial charge in [-0.15, -0.1) is 5.73 Å². The number of amides is 1. The number of nitrogens with one attached hydrogen (secondary N) is 1. The van der Waals surface area contributed by atoms with Gasteiger partial charge in [-0.1, -0.05) is 42.0 Å². The molecule has 0 unspecified atom stereocenters. The van der Waals surface area contributed by atoms with Crippen molar-refractivity contribution in [2.75, 3.05) is 47.6 Å². The second-order valence-electron chi connectivity index (χ2n) is 15.3. The molecule has 316 valence electrons. The van der Waals surface area contributed by atoms with Crippen molar-refractivity contribution in [3.63, 3.8) is 0 Å². The maximum Gasteiger partial charge on any atom is 0.252 e. The van der Waals surface area contributed by atoms with Gasteiger partial charge in [0.25, 0.3) is 5.91 Å². The smallest absolute Gasteiger partial charge is 0.252 e. The minimum absolute atomic E-state index is 0.0583. The number of benzene rings is 2. The molecule has 0 aromatic heterocycles. The lowest BCUT2D eigenvalue weighted by Gasteiger charge is -2.22. The van der Waals surface area contributed by atoms with E-state index in [9.17, 15) is 9.59 Å². The minimum Gasteiger partial charge on any atom is -0.493 e. The monoisotopic (exact) mass is 839 g/mol. The van der Waals surface area contributed by atoms with E-state index in [2.05, 4.69) is 63.8 Å². The molecular weight excluding hydrogens is 787 g/mol. The van der Waals surface area contributed by atoms with E-state index in [1.165, 1.54) is 34.2 Å². The van der Waals surface area contributed by atoms with E-state index in [4.69, 9.17) is 29.7 Å². The Morgan fingerprint density at radius 1 is 0.951 bits per heavy atom. The van der Waals surface area contributed by atoms with E-state index in [-0.39, 0.29) is 18.6 Å². The maximum atomic E-state index is 13.5. The normalized spacial score (nSPS) is 19.5. The Morgan fingerprint density at radius 3 is 2.57 bits per heavy atom. The van der Waals surface area contributed by atoms with E-state index in [1.807, 2.05) is 30.6 Å². The molecule has 2 aromatic rings. The third-order valence-electron chi connectivity index (χ3n) is 11.2. The summed E-state index contributed by atoms with van der Waals surface area (Å²) in [6, 6.07) is 6.99. The average Bonchev–Trinajstić information content (AvgIpc) is 3.67. The van der Waals surface area contributed by atoms with Gasteiger partial charge in [-0.2, -0.15) is 0 Å². The van der Waals surface area contributed by atoms with Crippen molar-refractivity contribution in [3.05, 3.63) is 135 Å². The summed E-state index contributed by atoms with van der Waals surface area (Å²) in [7, 11) is 5.21. The number of hydrogen-bond acceptors (Lipinski definition) is 11. The van der Waals surface area contributed by atoms with Crippen LogP contribution in [0.15, 0.2) is 138 Å². The Hall–Kier alpha value is -6.07. The number of allylic oxidation sites excluding steroid dienone is 8. The second-order valence-corrected chi connectivity index (χ2v) is 16.1. The van der Waals surface area contributed by atoms with Crippen LogP contribution in [0.3, 0.4) is 0 Å². The molecule has 1 amide bonds. The molecular formula is C49H53N5O6S. The molecule has 11 nitrogen and oxygen atoms in total. The zero-order valence-corrected chi connectivity index (χ0v) is 35.9. The minimum atomic E-state index is -0.196. The second kappa shape index (κ2) is 20.9. The third-order valence-corrected chi connectivity index (χ3v) is 12.0. The number of aliphatic imine (C=N–C) groups is 1. The van der Waals surface area contributed by atoms with Gasteiger partial charge >= 0.3 is 0 Å². The van der Waals surface area contributed by atoms with Gasteiger partial charge in [-0.25, -0.2) is 4.40 Å². The number of ether oxygens (including phenoxy) is 4. The predicted octanol–water partition coefficient (Wildman–Crippen LogP) is 9.09. The summed E-state index contributed by atoms with van der Waals surface area (Å²) < 4.78 is 28.6. The molecule has 3 N–H and O–H groups in total. The van der Waals surface area contributed by atoms with E-state index in [1.54, 1.807) is 38.5 Å². The lowest BCUT2D eigenvalue weighted by atomic mass is 9.94. The first kappa shape index (κ1) is 43.0. The Kier molecular flexibility index (Phi) is 14.8.